The molecule has 4 rings (SSSR count). The molecule has 1 aliphatic rings. The normalized spacial score (nSPS) is 13.9. The average Bonchev–Trinajstić information content (AvgIpc) is 2.79. The molecule has 7 heteroatoms. The summed E-state index contributed by atoms with van der Waals surface area (Å²) < 4.78 is 0. The quantitative estimate of drug-likeness (QED) is 0.440. The Bertz CT molecular complexity index is 1210. The molecule has 0 atom stereocenters. The summed E-state index contributed by atoms with van der Waals surface area (Å²) >= 11 is 12.1. The minimum absolute atomic E-state index is 0.0709. The fourth-order valence-corrected chi connectivity index (χ4v) is 4.26. The zero-order chi connectivity index (χ0) is 23.5. The standard InChI is InChI=1S/C26H25Cl2N3O2/c1-17-8-11-24(23(14-17)29-25(32)19-9-10-21(27)22(28)15-19)31-13-5-12-30(26(31)33)16-20-7-4-3-6-18(20)2/h3-4,6-11,14-15H,5,12-13,16H2,1-2H3,(H,29,32). The second-order valence-corrected chi connectivity index (χ2v) is 9.05. The lowest BCUT2D eigenvalue weighted by Crippen LogP contribution is -2.49. The van der Waals surface area contributed by atoms with Gasteiger partial charge in [-0.1, -0.05) is 53.5 Å². The number of hydrogen-bond acceptors (Lipinski definition) is 2. The average molecular weight is 482 g/mol. The summed E-state index contributed by atoms with van der Waals surface area (Å²) in [5.74, 6) is -0.318. The van der Waals surface area contributed by atoms with E-state index in [2.05, 4.69) is 24.4 Å². The molecule has 33 heavy (non-hydrogen) atoms. The van der Waals surface area contributed by atoms with Gasteiger partial charge in [-0.15, -0.1) is 0 Å². The van der Waals surface area contributed by atoms with Crippen LogP contribution in [0.2, 0.25) is 10.0 Å². The molecular formula is C26H25Cl2N3O2. The highest BCUT2D eigenvalue weighted by Crippen LogP contribution is 2.31. The molecule has 0 aromatic heterocycles. The van der Waals surface area contributed by atoms with Crippen LogP contribution in [0.25, 0.3) is 0 Å². The summed E-state index contributed by atoms with van der Waals surface area (Å²) in [4.78, 5) is 29.9. The minimum atomic E-state index is -0.318. The largest absolute Gasteiger partial charge is 0.324 e. The van der Waals surface area contributed by atoms with Crippen molar-refractivity contribution < 1.29 is 9.59 Å². The van der Waals surface area contributed by atoms with Crippen molar-refractivity contribution in [2.75, 3.05) is 23.3 Å². The Morgan fingerprint density at radius 3 is 2.52 bits per heavy atom. The molecule has 3 amide bonds. The molecule has 5 nitrogen and oxygen atoms in total. The highest BCUT2D eigenvalue weighted by molar-refractivity contribution is 6.42. The third-order valence-corrected chi connectivity index (χ3v) is 6.55. The van der Waals surface area contributed by atoms with Gasteiger partial charge in [0.1, 0.15) is 0 Å². The van der Waals surface area contributed by atoms with Crippen molar-refractivity contribution in [2.24, 2.45) is 0 Å². The molecule has 1 fully saturated rings. The van der Waals surface area contributed by atoms with Gasteiger partial charge in [0, 0.05) is 25.2 Å². The van der Waals surface area contributed by atoms with Crippen molar-refractivity contribution >= 4 is 46.5 Å². The molecule has 1 saturated heterocycles. The predicted molar refractivity (Wildman–Crippen MR) is 135 cm³/mol. The molecule has 1 heterocycles. The van der Waals surface area contributed by atoms with Crippen LogP contribution in [0.15, 0.2) is 60.7 Å². The van der Waals surface area contributed by atoms with Gasteiger partial charge in [-0.3, -0.25) is 9.69 Å². The van der Waals surface area contributed by atoms with E-state index in [-0.39, 0.29) is 11.9 Å². The SMILES string of the molecule is Cc1ccc(N2CCCN(Cc3ccccc3C)C2=O)c(NC(=O)c2ccc(Cl)c(Cl)c2)c1. The van der Waals surface area contributed by atoms with Crippen molar-refractivity contribution in [3.05, 3.63) is 93.0 Å². The van der Waals surface area contributed by atoms with Crippen molar-refractivity contribution in [3.63, 3.8) is 0 Å². The van der Waals surface area contributed by atoms with Crippen molar-refractivity contribution in [1.29, 1.82) is 0 Å². The number of anilines is 2. The number of rotatable bonds is 5. The summed E-state index contributed by atoms with van der Waals surface area (Å²) in [5, 5.41) is 3.65. The van der Waals surface area contributed by atoms with E-state index in [1.807, 2.05) is 42.2 Å². The molecule has 3 aromatic rings. The van der Waals surface area contributed by atoms with Crippen LogP contribution in [0.5, 0.6) is 0 Å². The van der Waals surface area contributed by atoms with E-state index in [0.717, 1.165) is 23.1 Å². The molecule has 0 aliphatic carbocycles. The maximum Gasteiger partial charge on any atom is 0.324 e. The monoisotopic (exact) mass is 481 g/mol. The topological polar surface area (TPSA) is 52.6 Å². The molecule has 1 N–H and O–H groups in total. The molecule has 1 aliphatic heterocycles. The molecule has 0 spiro atoms. The zero-order valence-electron chi connectivity index (χ0n) is 18.6. The van der Waals surface area contributed by atoms with Gasteiger partial charge in [0.25, 0.3) is 5.91 Å². The van der Waals surface area contributed by atoms with Crippen LogP contribution in [0.3, 0.4) is 0 Å². The second kappa shape index (κ2) is 9.86. The van der Waals surface area contributed by atoms with Crippen molar-refractivity contribution in [1.82, 2.24) is 4.90 Å². The molecule has 0 saturated carbocycles. The number of benzene rings is 3. The van der Waals surface area contributed by atoms with Gasteiger partial charge >= 0.3 is 6.03 Å². The zero-order valence-corrected chi connectivity index (χ0v) is 20.1. The van der Waals surface area contributed by atoms with Gasteiger partial charge in [-0.25, -0.2) is 4.79 Å². The van der Waals surface area contributed by atoms with E-state index in [0.29, 0.717) is 46.6 Å². The first-order valence-electron chi connectivity index (χ1n) is 10.8. The van der Waals surface area contributed by atoms with E-state index in [1.165, 1.54) is 6.07 Å². The van der Waals surface area contributed by atoms with Crippen molar-refractivity contribution in [2.45, 2.75) is 26.8 Å². The van der Waals surface area contributed by atoms with E-state index < -0.39 is 0 Å². The highest BCUT2D eigenvalue weighted by Gasteiger charge is 2.29. The Kier molecular flexibility index (Phi) is 6.91. The van der Waals surface area contributed by atoms with Gasteiger partial charge in [-0.2, -0.15) is 0 Å². The van der Waals surface area contributed by atoms with Gasteiger partial charge in [-0.05, 0) is 67.3 Å². The molecule has 170 valence electrons. The maximum atomic E-state index is 13.4. The van der Waals surface area contributed by atoms with Gasteiger partial charge in [0.15, 0.2) is 0 Å². The molecule has 0 unspecified atom stereocenters. The lowest BCUT2D eigenvalue weighted by Gasteiger charge is -2.36. The number of urea groups is 1. The van der Waals surface area contributed by atoms with Gasteiger partial charge in [0.05, 0.1) is 21.4 Å². The highest BCUT2D eigenvalue weighted by atomic mass is 35.5. The predicted octanol–water partition coefficient (Wildman–Crippen LogP) is 6.69. The molecule has 0 bridgehead atoms. The Balaban J connectivity index is 1.59. The second-order valence-electron chi connectivity index (χ2n) is 8.24. The summed E-state index contributed by atoms with van der Waals surface area (Å²) in [6.45, 7) is 5.83. The number of carbonyl (C=O) groups excluding carboxylic acids is 2. The first-order valence-corrected chi connectivity index (χ1v) is 11.6. The lowest BCUT2D eigenvalue weighted by atomic mass is 10.1. The number of nitrogens with zero attached hydrogens (tertiary/aromatic N) is 2. The van der Waals surface area contributed by atoms with E-state index in [4.69, 9.17) is 23.2 Å². The Labute approximate surface area is 203 Å². The Hall–Kier alpha value is -3.02. The molecule has 3 aromatic carbocycles. The first-order chi connectivity index (χ1) is 15.8. The smallest absolute Gasteiger partial charge is 0.320 e. The summed E-state index contributed by atoms with van der Waals surface area (Å²) in [5.41, 5.74) is 4.91. The van der Waals surface area contributed by atoms with E-state index >= 15 is 0 Å². The number of halogens is 2. The van der Waals surface area contributed by atoms with E-state index in [1.54, 1.807) is 17.0 Å². The van der Waals surface area contributed by atoms with Crippen molar-refractivity contribution in [3.8, 4) is 0 Å². The summed E-state index contributed by atoms with van der Waals surface area (Å²) in [6.07, 6.45) is 0.839. The van der Waals surface area contributed by atoms with Crippen LogP contribution in [0, 0.1) is 13.8 Å². The van der Waals surface area contributed by atoms with Crippen LogP contribution in [-0.2, 0) is 6.54 Å². The number of amides is 3. The fraction of sp³-hybridized carbons (Fsp3) is 0.231. The van der Waals surface area contributed by atoms with Crippen LogP contribution in [-0.4, -0.2) is 29.9 Å². The summed E-state index contributed by atoms with van der Waals surface area (Å²) in [6, 6.07) is 18.5. The number of carbonyl (C=O) groups is 2. The third-order valence-electron chi connectivity index (χ3n) is 5.81. The van der Waals surface area contributed by atoms with Gasteiger partial charge < -0.3 is 10.2 Å². The van der Waals surface area contributed by atoms with Gasteiger partial charge in [0.2, 0.25) is 0 Å². The Morgan fingerprint density at radius 2 is 1.76 bits per heavy atom. The summed E-state index contributed by atoms with van der Waals surface area (Å²) in [7, 11) is 0. The Morgan fingerprint density at radius 1 is 0.970 bits per heavy atom. The lowest BCUT2D eigenvalue weighted by molar-refractivity contribution is 0.102. The third kappa shape index (κ3) is 5.15. The minimum Gasteiger partial charge on any atom is -0.320 e. The fourth-order valence-electron chi connectivity index (χ4n) is 3.96. The van der Waals surface area contributed by atoms with Crippen LogP contribution in [0.4, 0.5) is 16.2 Å². The number of aryl methyl sites for hydroxylation is 2. The number of nitrogens with one attached hydrogen (secondary N) is 1. The van der Waals surface area contributed by atoms with Crippen LogP contribution >= 0.6 is 23.2 Å². The van der Waals surface area contributed by atoms with Crippen LogP contribution < -0.4 is 10.2 Å². The van der Waals surface area contributed by atoms with E-state index in [9.17, 15) is 9.59 Å². The maximum absolute atomic E-state index is 13.4. The molecule has 0 radical (unpaired) electrons. The molecular weight excluding hydrogens is 457 g/mol. The number of hydrogen-bond donors (Lipinski definition) is 1. The van der Waals surface area contributed by atoms with Crippen LogP contribution in [0.1, 0.15) is 33.5 Å². The first kappa shape index (κ1) is 23.1.